The summed E-state index contributed by atoms with van der Waals surface area (Å²) in [4.78, 5) is 48.7. The summed E-state index contributed by atoms with van der Waals surface area (Å²) in [5.74, 6) is 0.259. The number of thiazole rings is 1. The van der Waals surface area contributed by atoms with Crippen molar-refractivity contribution in [3.8, 4) is 39.3 Å². The first-order valence-electron chi connectivity index (χ1n) is 27.5. The molecular formula is C57H70N12O8S. The number of piperazine rings is 1. The van der Waals surface area contributed by atoms with Crippen LogP contribution in [0.4, 0.5) is 17.2 Å². The first kappa shape index (κ1) is 53.1. The van der Waals surface area contributed by atoms with Crippen molar-refractivity contribution in [3.05, 3.63) is 95.6 Å². The third-order valence-corrected chi connectivity index (χ3v) is 17.2. The van der Waals surface area contributed by atoms with E-state index in [1.165, 1.54) is 16.2 Å². The molecule has 3 aliphatic heterocycles. The molecule has 2 aliphatic carbocycles. The number of phenolic OH excluding ortho intramolecular Hbond substituents is 1. The van der Waals surface area contributed by atoms with Gasteiger partial charge in [-0.05, 0) is 99.3 Å². The van der Waals surface area contributed by atoms with Gasteiger partial charge in [-0.1, -0.05) is 32.0 Å². The number of aliphatic hydroxyl groups is 1. The van der Waals surface area contributed by atoms with Crippen LogP contribution in [-0.2, 0) is 14.3 Å². The van der Waals surface area contributed by atoms with Crippen LogP contribution in [0.5, 0.6) is 17.5 Å². The molecule has 2 saturated carbocycles. The first-order chi connectivity index (χ1) is 37.8. The molecule has 21 heteroatoms. The Morgan fingerprint density at radius 1 is 0.872 bits per heavy atom. The standard InChI is InChI=1S/C57H70N12O8S/c1-32(2)53(57(73)68-30-40(70)22-48(68)56(72)63-33(3)35-9-16-45(61-27-35)54-34(4)62-31-78-54)50-26-52(66-77-50)74-20-19-59-36-10-14-41(15-11-36)75-42-23-43(24-42)76-51-21-37(17-18-60-51)69-38-12-13-39(69)29-67(28-38)47-25-46(64-65-55(47)58)44-7-5-6-8-49(44)71/h5-9,16-18,21,25-27,31-33,36,38-43,48,53,59,70-71H,10-15,19-20,22-24,28-30H2,1-4H3,(H2,58,65)(H,63,72)/t33-,36-,38?,39?,40+,41-,42-,43-,48-,53+/m0/s1. The minimum Gasteiger partial charge on any atom is -0.507 e. The van der Waals surface area contributed by atoms with Crippen molar-refractivity contribution in [3.63, 3.8) is 0 Å². The fourth-order valence-corrected chi connectivity index (χ4v) is 12.8. The average Bonchev–Trinajstić information content (AvgIpc) is 4.28. The van der Waals surface area contributed by atoms with E-state index in [-0.39, 0.29) is 78.8 Å². The number of carbonyl (C=O) groups is 2. The van der Waals surface area contributed by atoms with E-state index in [0.29, 0.717) is 47.9 Å². The number of hydrogen-bond acceptors (Lipinski definition) is 19. The zero-order valence-electron chi connectivity index (χ0n) is 44.6. The number of benzene rings is 1. The number of aliphatic hydroxyl groups excluding tert-OH is 1. The lowest BCUT2D eigenvalue weighted by molar-refractivity contribution is -0.141. The number of anilines is 3. The minimum atomic E-state index is -0.849. The summed E-state index contributed by atoms with van der Waals surface area (Å²) < 4.78 is 24.7. The Labute approximate surface area is 458 Å². The van der Waals surface area contributed by atoms with Crippen molar-refractivity contribution >= 4 is 40.3 Å². The highest BCUT2D eigenvalue weighted by Gasteiger charge is 2.45. The number of nitrogens with one attached hydrogen (secondary N) is 2. The fourth-order valence-electron chi connectivity index (χ4n) is 12.0. The van der Waals surface area contributed by atoms with Gasteiger partial charge in [-0.3, -0.25) is 14.6 Å². The van der Waals surface area contributed by atoms with Gasteiger partial charge in [-0.25, -0.2) is 9.97 Å². The minimum absolute atomic E-state index is 0.0405. The van der Waals surface area contributed by atoms with Crippen LogP contribution in [0.25, 0.3) is 21.8 Å². The summed E-state index contributed by atoms with van der Waals surface area (Å²) in [5, 5.41) is 40.5. The van der Waals surface area contributed by atoms with Crippen molar-refractivity contribution in [2.24, 2.45) is 5.92 Å². The maximum Gasteiger partial charge on any atom is 0.254 e. The number of aryl methyl sites for hydroxylation is 1. The van der Waals surface area contributed by atoms with Gasteiger partial charge in [-0.15, -0.1) is 21.5 Å². The molecule has 2 unspecified atom stereocenters. The summed E-state index contributed by atoms with van der Waals surface area (Å²) in [6.45, 7) is 10.3. The lowest BCUT2D eigenvalue weighted by atomic mass is 9.89. The summed E-state index contributed by atoms with van der Waals surface area (Å²) in [5.41, 5.74) is 13.9. The average molecular weight is 1080 g/mol. The molecule has 5 aromatic heterocycles. The number of aromatic hydroxyl groups is 1. The summed E-state index contributed by atoms with van der Waals surface area (Å²) in [6, 6.07) is 18.4. The van der Waals surface area contributed by atoms with Gasteiger partial charge in [0.15, 0.2) is 11.6 Å². The van der Waals surface area contributed by atoms with Gasteiger partial charge in [0, 0.05) is 99.3 Å². The third kappa shape index (κ3) is 11.6. The monoisotopic (exact) mass is 1080 g/mol. The number of nitrogens with zero attached hydrogens (tertiary/aromatic N) is 9. The second-order valence-electron chi connectivity index (χ2n) is 22.0. The van der Waals surface area contributed by atoms with Crippen molar-refractivity contribution in [2.75, 3.05) is 48.3 Å². The second kappa shape index (κ2) is 23.2. The van der Waals surface area contributed by atoms with Crippen LogP contribution < -0.4 is 35.6 Å². The number of carbonyl (C=O) groups excluding carboxylic acids is 2. The molecule has 3 saturated heterocycles. The number of para-hydroxylation sites is 1. The molecule has 0 spiro atoms. The number of aromatic nitrogens is 6. The number of likely N-dealkylation sites (tertiary alicyclic amines) is 1. The Morgan fingerprint density at radius 2 is 1.67 bits per heavy atom. The van der Waals surface area contributed by atoms with Crippen LogP contribution in [0.1, 0.15) is 108 Å². The van der Waals surface area contributed by atoms with Crippen molar-refractivity contribution in [1.29, 1.82) is 0 Å². The number of pyridine rings is 2. The normalized spacial score (nSPS) is 24.7. The second-order valence-corrected chi connectivity index (χ2v) is 22.8. The quantitative estimate of drug-likeness (QED) is 0.0513. The highest BCUT2D eigenvalue weighted by molar-refractivity contribution is 7.13. The van der Waals surface area contributed by atoms with Crippen LogP contribution in [0, 0.1) is 12.8 Å². The van der Waals surface area contributed by atoms with Gasteiger partial charge < -0.3 is 60.0 Å². The molecule has 0 radical (unpaired) electrons. The molecule has 78 heavy (non-hydrogen) atoms. The van der Waals surface area contributed by atoms with E-state index in [9.17, 15) is 19.8 Å². The zero-order chi connectivity index (χ0) is 54.0. The Hall–Kier alpha value is -6.94. The Balaban J connectivity index is 0.589. The molecule has 6 N–H and O–H groups in total. The van der Waals surface area contributed by atoms with E-state index in [2.05, 4.69) is 62.9 Å². The summed E-state index contributed by atoms with van der Waals surface area (Å²) >= 11 is 1.53. The maximum atomic E-state index is 14.2. The number of phenols is 1. The molecule has 11 rings (SSSR count). The van der Waals surface area contributed by atoms with Crippen LogP contribution in [0.3, 0.4) is 0 Å². The number of fused-ring (bicyclic) bond motifs is 2. The van der Waals surface area contributed by atoms with Gasteiger partial charge in [0.05, 0.1) is 57.5 Å². The smallest absolute Gasteiger partial charge is 0.254 e. The maximum absolute atomic E-state index is 14.2. The molecule has 5 fully saturated rings. The molecule has 412 valence electrons. The Morgan fingerprint density at radius 3 is 2.40 bits per heavy atom. The fraction of sp³-hybridized carbons (Fsp3) is 0.509. The molecule has 5 aliphatic rings. The molecule has 6 atom stereocenters. The van der Waals surface area contributed by atoms with Gasteiger partial charge in [0.2, 0.25) is 17.7 Å². The number of nitrogens with two attached hydrogens (primary N) is 1. The van der Waals surface area contributed by atoms with E-state index in [0.717, 1.165) is 97.7 Å². The number of rotatable bonds is 19. The largest absolute Gasteiger partial charge is 0.507 e. The first-order valence-corrected chi connectivity index (χ1v) is 28.4. The predicted octanol–water partition coefficient (Wildman–Crippen LogP) is 6.98. The SMILES string of the molecule is Cc1ncsc1-c1ccc([C@H](C)NC(=O)[C@@H]2C[C@@H](O)CN2C(=O)[C@@H](c2cc(OCCN[C@H]3CC[C@H](O[C@H]4C[C@H](Oc5cc(N6C7CCC6CN(c6cc(-c8ccccc8O)nnc6N)C7)ccn5)C4)CC3)no2)C(C)C)cn1. The van der Waals surface area contributed by atoms with Crippen LogP contribution >= 0.6 is 11.3 Å². The number of nitrogen functional groups attached to an aromatic ring is 1. The van der Waals surface area contributed by atoms with Crippen LogP contribution in [0.2, 0.25) is 0 Å². The summed E-state index contributed by atoms with van der Waals surface area (Å²) in [6.07, 6.45) is 11.1. The van der Waals surface area contributed by atoms with E-state index in [4.69, 9.17) is 24.5 Å². The molecule has 1 aromatic carbocycles. The van der Waals surface area contributed by atoms with E-state index in [1.807, 2.05) is 64.2 Å². The topological polar surface area (TPSA) is 253 Å². The Bertz CT molecular complexity index is 3020. The lowest BCUT2D eigenvalue weighted by Gasteiger charge is -2.43. The molecule has 8 heterocycles. The van der Waals surface area contributed by atoms with Gasteiger partial charge in [-0.2, -0.15) is 0 Å². The number of amides is 2. The number of β-amino-alcohol motifs (C(OH)–C–C–N with tert-alkyl or cyclic N) is 1. The van der Waals surface area contributed by atoms with Crippen LogP contribution in [0.15, 0.2) is 83.1 Å². The van der Waals surface area contributed by atoms with Gasteiger partial charge >= 0.3 is 0 Å². The number of hydrogen-bond donors (Lipinski definition) is 5. The van der Waals surface area contributed by atoms with Crippen molar-refractivity contribution < 1.29 is 38.5 Å². The summed E-state index contributed by atoms with van der Waals surface area (Å²) in [7, 11) is 0. The number of ether oxygens (including phenoxy) is 3. The highest BCUT2D eigenvalue weighted by atomic mass is 32.1. The highest BCUT2D eigenvalue weighted by Crippen LogP contribution is 2.41. The van der Waals surface area contributed by atoms with E-state index >= 15 is 0 Å². The zero-order valence-corrected chi connectivity index (χ0v) is 45.4. The Kier molecular flexibility index (Phi) is 15.8. The molecule has 6 aromatic rings. The van der Waals surface area contributed by atoms with Crippen LogP contribution in [-0.4, -0.2) is 139 Å². The third-order valence-electron chi connectivity index (χ3n) is 16.2. The van der Waals surface area contributed by atoms with Crippen molar-refractivity contribution in [2.45, 2.75) is 146 Å². The molecule has 20 nitrogen and oxygen atoms in total. The van der Waals surface area contributed by atoms with Crippen molar-refractivity contribution in [1.82, 2.24) is 45.8 Å². The van der Waals surface area contributed by atoms with Gasteiger partial charge in [0.25, 0.3) is 5.88 Å². The lowest BCUT2D eigenvalue weighted by Crippen LogP contribution is -2.54. The predicted molar refractivity (Wildman–Crippen MR) is 294 cm³/mol. The molecule has 2 bridgehead atoms. The van der Waals surface area contributed by atoms with Gasteiger partial charge in [0.1, 0.15) is 30.4 Å². The van der Waals surface area contributed by atoms with E-state index < -0.39 is 18.1 Å². The van der Waals surface area contributed by atoms with E-state index in [1.54, 1.807) is 29.9 Å². The molecular weight excluding hydrogens is 1010 g/mol. The molecule has 2 amide bonds.